The van der Waals surface area contributed by atoms with Crippen LogP contribution in [0.25, 0.3) is 22.2 Å². The highest BCUT2D eigenvalue weighted by Gasteiger charge is 2.07. The molecule has 4 nitrogen and oxygen atoms in total. The van der Waals surface area contributed by atoms with Crippen molar-refractivity contribution in [2.75, 3.05) is 5.32 Å². The Morgan fingerprint density at radius 2 is 1.73 bits per heavy atom. The Morgan fingerprint density at radius 1 is 0.846 bits per heavy atom. The van der Waals surface area contributed by atoms with Gasteiger partial charge in [-0.3, -0.25) is 9.97 Å². The van der Waals surface area contributed by atoms with Crippen molar-refractivity contribution < 1.29 is 5.11 Å². The van der Waals surface area contributed by atoms with Crippen LogP contribution in [0.5, 0.6) is 5.75 Å². The Kier molecular flexibility index (Phi) is 5.05. The second-order valence-corrected chi connectivity index (χ2v) is 5.93. The van der Waals surface area contributed by atoms with E-state index in [1.54, 1.807) is 24.5 Å². The van der Waals surface area contributed by atoms with E-state index in [-0.39, 0.29) is 18.2 Å². The molecule has 0 atom stereocenters. The van der Waals surface area contributed by atoms with Gasteiger partial charge >= 0.3 is 0 Å². The summed E-state index contributed by atoms with van der Waals surface area (Å²) in [5.74, 6) is 0.240. The standard InChI is InChI=1S/C21H17N3O.ClH/c1-14-5-7-16(25)13-20(14)24-19-9-11-23-21-12-15(6-8-17(19)21)18-4-2-3-10-22-18;/h2-13,25H,1H3,(H,23,24);1H. The number of aryl methyl sites for hydroxylation is 1. The summed E-state index contributed by atoms with van der Waals surface area (Å²) in [7, 11) is 0. The van der Waals surface area contributed by atoms with Crippen molar-refractivity contribution in [2.45, 2.75) is 6.92 Å². The SMILES string of the molecule is Cc1ccc(O)cc1Nc1ccnc2cc(-c3ccccn3)ccc12.Cl. The third kappa shape index (κ3) is 3.46. The molecule has 26 heavy (non-hydrogen) atoms. The molecule has 0 saturated heterocycles. The summed E-state index contributed by atoms with van der Waals surface area (Å²) in [5, 5.41) is 14.2. The lowest BCUT2D eigenvalue weighted by Gasteiger charge is -2.13. The molecule has 0 saturated carbocycles. The van der Waals surface area contributed by atoms with Crippen LogP contribution in [0.15, 0.2) is 73.1 Å². The van der Waals surface area contributed by atoms with Gasteiger partial charge < -0.3 is 10.4 Å². The Morgan fingerprint density at radius 3 is 2.54 bits per heavy atom. The lowest BCUT2D eigenvalue weighted by atomic mass is 10.1. The molecule has 0 aliphatic carbocycles. The molecule has 2 heterocycles. The zero-order valence-electron chi connectivity index (χ0n) is 14.2. The lowest BCUT2D eigenvalue weighted by molar-refractivity contribution is 0.475. The average Bonchev–Trinajstić information content (AvgIpc) is 2.65. The van der Waals surface area contributed by atoms with E-state index in [1.165, 1.54) is 0 Å². The molecule has 130 valence electrons. The number of benzene rings is 2. The number of aromatic hydroxyl groups is 1. The topological polar surface area (TPSA) is 58.0 Å². The Bertz CT molecular complexity index is 1050. The van der Waals surface area contributed by atoms with E-state index in [2.05, 4.69) is 15.3 Å². The number of pyridine rings is 2. The molecular weight excluding hydrogens is 346 g/mol. The zero-order chi connectivity index (χ0) is 17.2. The summed E-state index contributed by atoms with van der Waals surface area (Å²) in [4.78, 5) is 8.89. The summed E-state index contributed by atoms with van der Waals surface area (Å²) in [6, 6.07) is 19.2. The van der Waals surface area contributed by atoms with Crippen LogP contribution in [0, 0.1) is 6.92 Å². The van der Waals surface area contributed by atoms with Gasteiger partial charge in [0.05, 0.1) is 11.2 Å². The molecule has 0 aliphatic rings. The van der Waals surface area contributed by atoms with Crippen LogP contribution in [0.4, 0.5) is 11.4 Å². The predicted octanol–water partition coefficient (Wildman–Crippen LogP) is 5.48. The van der Waals surface area contributed by atoms with E-state index < -0.39 is 0 Å². The minimum atomic E-state index is 0. The van der Waals surface area contributed by atoms with E-state index in [0.29, 0.717) is 0 Å². The maximum Gasteiger partial charge on any atom is 0.117 e. The molecule has 5 heteroatoms. The van der Waals surface area contributed by atoms with Crippen molar-refractivity contribution >= 4 is 34.7 Å². The summed E-state index contributed by atoms with van der Waals surface area (Å²) < 4.78 is 0. The molecule has 0 unspecified atom stereocenters. The molecule has 0 bridgehead atoms. The molecule has 0 radical (unpaired) electrons. The van der Waals surface area contributed by atoms with Crippen molar-refractivity contribution in [3.05, 3.63) is 78.6 Å². The van der Waals surface area contributed by atoms with E-state index in [4.69, 9.17) is 0 Å². The minimum absolute atomic E-state index is 0. The van der Waals surface area contributed by atoms with Gasteiger partial charge in [-0.2, -0.15) is 0 Å². The van der Waals surface area contributed by atoms with Gasteiger partial charge in [-0.25, -0.2) is 0 Å². The van der Waals surface area contributed by atoms with Crippen molar-refractivity contribution in [3.63, 3.8) is 0 Å². The number of rotatable bonds is 3. The number of nitrogens with zero attached hydrogens (tertiary/aromatic N) is 2. The molecule has 2 aromatic heterocycles. The minimum Gasteiger partial charge on any atom is -0.508 e. The number of fused-ring (bicyclic) bond motifs is 1. The highest BCUT2D eigenvalue weighted by atomic mass is 35.5. The summed E-state index contributed by atoms with van der Waals surface area (Å²) >= 11 is 0. The fourth-order valence-corrected chi connectivity index (χ4v) is 2.84. The largest absolute Gasteiger partial charge is 0.508 e. The fraction of sp³-hybridized carbons (Fsp3) is 0.0476. The molecule has 4 rings (SSSR count). The third-order valence-electron chi connectivity index (χ3n) is 4.19. The number of aromatic nitrogens is 2. The fourth-order valence-electron chi connectivity index (χ4n) is 2.84. The van der Waals surface area contributed by atoms with Crippen LogP contribution in [-0.2, 0) is 0 Å². The quantitative estimate of drug-likeness (QED) is 0.506. The maximum atomic E-state index is 9.73. The van der Waals surface area contributed by atoms with Crippen LogP contribution in [0.2, 0.25) is 0 Å². The van der Waals surface area contributed by atoms with E-state index in [9.17, 15) is 5.11 Å². The van der Waals surface area contributed by atoms with Gasteiger partial charge in [0.1, 0.15) is 5.75 Å². The van der Waals surface area contributed by atoms with Crippen LogP contribution in [0.1, 0.15) is 5.56 Å². The second-order valence-electron chi connectivity index (χ2n) is 5.93. The number of phenols is 1. The van der Waals surface area contributed by atoms with Gasteiger partial charge in [-0.15, -0.1) is 12.4 Å². The summed E-state index contributed by atoms with van der Waals surface area (Å²) in [6.45, 7) is 2.00. The number of phenolic OH excluding ortho intramolecular Hbond substituents is 1. The maximum absolute atomic E-state index is 9.73. The molecular formula is C21H18ClN3O. The second kappa shape index (κ2) is 7.42. The highest BCUT2D eigenvalue weighted by molar-refractivity contribution is 5.95. The van der Waals surface area contributed by atoms with Crippen LogP contribution in [-0.4, -0.2) is 15.1 Å². The third-order valence-corrected chi connectivity index (χ3v) is 4.19. The van der Waals surface area contributed by atoms with Crippen molar-refractivity contribution in [1.82, 2.24) is 9.97 Å². The zero-order valence-corrected chi connectivity index (χ0v) is 15.0. The normalized spacial score (nSPS) is 10.3. The molecule has 0 aliphatic heterocycles. The summed E-state index contributed by atoms with van der Waals surface area (Å²) in [5.41, 5.74) is 5.74. The van der Waals surface area contributed by atoms with Crippen molar-refractivity contribution in [2.24, 2.45) is 0 Å². The molecule has 2 aromatic carbocycles. The monoisotopic (exact) mass is 363 g/mol. The summed E-state index contributed by atoms with van der Waals surface area (Å²) in [6.07, 6.45) is 3.57. The first-order valence-electron chi connectivity index (χ1n) is 8.07. The highest BCUT2D eigenvalue weighted by Crippen LogP contribution is 2.30. The van der Waals surface area contributed by atoms with Crippen LogP contribution < -0.4 is 5.32 Å². The van der Waals surface area contributed by atoms with Crippen molar-refractivity contribution in [1.29, 1.82) is 0 Å². The Labute approximate surface area is 158 Å². The molecule has 0 spiro atoms. The number of nitrogens with one attached hydrogen (secondary N) is 1. The smallest absolute Gasteiger partial charge is 0.117 e. The van der Waals surface area contributed by atoms with E-state index in [1.807, 2.05) is 55.5 Å². The number of halogens is 1. The van der Waals surface area contributed by atoms with Gasteiger partial charge in [0.2, 0.25) is 0 Å². The predicted molar refractivity (Wildman–Crippen MR) is 108 cm³/mol. The van der Waals surface area contributed by atoms with E-state index in [0.717, 1.165) is 39.1 Å². The molecule has 0 fully saturated rings. The van der Waals surface area contributed by atoms with Crippen LogP contribution >= 0.6 is 12.4 Å². The number of hydrogen-bond donors (Lipinski definition) is 2. The van der Waals surface area contributed by atoms with Gasteiger partial charge in [-0.1, -0.05) is 24.3 Å². The van der Waals surface area contributed by atoms with Gasteiger partial charge in [0.25, 0.3) is 0 Å². The molecule has 2 N–H and O–H groups in total. The number of hydrogen-bond acceptors (Lipinski definition) is 4. The first-order chi connectivity index (χ1) is 12.2. The Hall–Kier alpha value is -3.11. The first kappa shape index (κ1) is 17.7. The Balaban J connectivity index is 0.00000196. The average molecular weight is 364 g/mol. The van der Waals surface area contributed by atoms with Gasteiger partial charge in [-0.05, 0) is 42.8 Å². The molecule has 0 amide bonds. The lowest BCUT2D eigenvalue weighted by Crippen LogP contribution is -1.95. The first-order valence-corrected chi connectivity index (χ1v) is 8.07. The van der Waals surface area contributed by atoms with Crippen molar-refractivity contribution in [3.8, 4) is 17.0 Å². The van der Waals surface area contributed by atoms with E-state index >= 15 is 0 Å². The van der Waals surface area contributed by atoms with Gasteiger partial charge in [0.15, 0.2) is 0 Å². The van der Waals surface area contributed by atoms with Crippen LogP contribution in [0.3, 0.4) is 0 Å². The number of anilines is 2. The molecule has 4 aromatic rings. The van der Waals surface area contributed by atoms with Gasteiger partial charge in [0, 0.05) is 40.8 Å².